The second kappa shape index (κ2) is 8.42. The number of carbonyl (C=O) groups is 1. The zero-order chi connectivity index (χ0) is 19.3. The lowest BCUT2D eigenvalue weighted by Crippen LogP contribution is -2.33. The number of anilines is 2. The molecule has 1 amide bonds. The molecule has 0 saturated carbocycles. The highest BCUT2D eigenvalue weighted by molar-refractivity contribution is 7.92. The highest BCUT2D eigenvalue weighted by Gasteiger charge is 2.22. The molecular weight excluding hydrogens is 376 g/mol. The van der Waals surface area contributed by atoms with E-state index in [0.717, 1.165) is 16.1 Å². The van der Waals surface area contributed by atoms with E-state index in [2.05, 4.69) is 5.32 Å². The predicted molar refractivity (Wildman–Crippen MR) is 105 cm³/mol. The van der Waals surface area contributed by atoms with Gasteiger partial charge in [-0.2, -0.15) is 0 Å². The quantitative estimate of drug-likeness (QED) is 0.777. The molecule has 2 aromatic carbocycles. The van der Waals surface area contributed by atoms with Gasteiger partial charge in [-0.25, -0.2) is 8.42 Å². The molecule has 0 aliphatic heterocycles. The monoisotopic (exact) mass is 396 g/mol. The van der Waals surface area contributed by atoms with Crippen molar-refractivity contribution in [2.24, 2.45) is 0 Å². The van der Waals surface area contributed by atoms with Crippen LogP contribution in [-0.4, -0.2) is 34.2 Å². The first kappa shape index (κ1) is 20.1. The van der Waals surface area contributed by atoms with E-state index in [1.165, 1.54) is 13.2 Å². The third-order valence-corrected chi connectivity index (χ3v) is 5.07. The van der Waals surface area contributed by atoms with Crippen LogP contribution >= 0.6 is 11.6 Å². The third-order valence-electron chi connectivity index (χ3n) is 3.65. The zero-order valence-electron chi connectivity index (χ0n) is 14.8. The Morgan fingerprint density at radius 1 is 1.23 bits per heavy atom. The summed E-state index contributed by atoms with van der Waals surface area (Å²) < 4.78 is 30.8. The highest BCUT2D eigenvalue weighted by atomic mass is 35.5. The average Bonchev–Trinajstić information content (AvgIpc) is 2.54. The Balaban J connectivity index is 2.17. The van der Waals surface area contributed by atoms with E-state index in [1.54, 1.807) is 18.2 Å². The van der Waals surface area contributed by atoms with Crippen LogP contribution < -0.4 is 14.4 Å². The normalized spacial score (nSPS) is 11.1. The molecule has 6 nitrogen and oxygen atoms in total. The van der Waals surface area contributed by atoms with Crippen molar-refractivity contribution in [3.05, 3.63) is 53.1 Å². The third kappa shape index (κ3) is 5.37. The molecule has 0 bridgehead atoms. The van der Waals surface area contributed by atoms with Gasteiger partial charge in [0, 0.05) is 23.7 Å². The van der Waals surface area contributed by atoms with Gasteiger partial charge < -0.3 is 10.1 Å². The summed E-state index contributed by atoms with van der Waals surface area (Å²) in [5, 5.41) is 3.14. The smallest absolute Gasteiger partial charge is 0.232 e. The lowest BCUT2D eigenvalue weighted by Gasteiger charge is -2.24. The molecule has 0 aliphatic carbocycles. The number of carbonyl (C=O) groups excluding carboxylic acids is 1. The molecule has 1 N–H and O–H groups in total. The second-order valence-corrected chi connectivity index (χ2v) is 8.16. The van der Waals surface area contributed by atoms with Crippen molar-refractivity contribution in [3.63, 3.8) is 0 Å². The lowest BCUT2D eigenvalue weighted by molar-refractivity contribution is -0.116. The minimum Gasteiger partial charge on any atom is -0.495 e. The van der Waals surface area contributed by atoms with E-state index in [-0.39, 0.29) is 18.9 Å². The number of halogens is 1. The van der Waals surface area contributed by atoms with Gasteiger partial charge in [-0.1, -0.05) is 23.7 Å². The van der Waals surface area contributed by atoms with Crippen LogP contribution in [0.4, 0.5) is 11.4 Å². The second-order valence-electron chi connectivity index (χ2n) is 5.82. The molecule has 0 spiro atoms. The summed E-state index contributed by atoms with van der Waals surface area (Å²) in [6, 6.07) is 12.1. The summed E-state index contributed by atoms with van der Waals surface area (Å²) in [7, 11) is -2.19. The average molecular weight is 397 g/mol. The first-order chi connectivity index (χ1) is 12.2. The summed E-state index contributed by atoms with van der Waals surface area (Å²) >= 11 is 6.00. The molecule has 0 radical (unpaired) electrons. The Morgan fingerprint density at radius 3 is 2.58 bits per heavy atom. The van der Waals surface area contributed by atoms with Crippen molar-refractivity contribution in [2.75, 3.05) is 29.5 Å². The summed E-state index contributed by atoms with van der Waals surface area (Å²) in [5.74, 6) is 0.0733. The maximum absolute atomic E-state index is 12.2. The fourth-order valence-corrected chi connectivity index (χ4v) is 3.56. The number of ether oxygens (including phenoxy) is 1. The van der Waals surface area contributed by atoms with E-state index >= 15 is 0 Å². The maximum atomic E-state index is 12.2. The summed E-state index contributed by atoms with van der Waals surface area (Å²) in [4.78, 5) is 12.2. The van der Waals surface area contributed by atoms with Gasteiger partial charge in [0.25, 0.3) is 0 Å². The van der Waals surface area contributed by atoms with Crippen molar-refractivity contribution < 1.29 is 17.9 Å². The number of nitrogens with one attached hydrogen (secondary N) is 1. The number of aryl methyl sites for hydroxylation is 1. The van der Waals surface area contributed by atoms with Crippen molar-refractivity contribution in [3.8, 4) is 5.75 Å². The number of sulfonamides is 1. The molecule has 26 heavy (non-hydrogen) atoms. The van der Waals surface area contributed by atoms with Gasteiger partial charge in [0.1, 0.15) is 5.75 Å². The van der Waals surface area contributed by atoms with E-state index in [4.69, 9.17) is 16.3 Å². The SMILES string of the molecule is COc1ccc(Cl)cc1N(CCC(=O)Nc1cccc(C)c1)S(C)(=O)=O. The molecule has 140 valence electrons. The molecule has 0 saturated heterocycles. The number of hydrogen-bond acceptors (Lipinski definition) is 4. The first-order valence-electron chi connectivity index (χ1n) is 7.88. The highest BCUT2D eigenvalue weighted by Crippen LogP contribution is 2.32. The number of rotatable bonds is 7. The van der Waals surface area contributed by atoms with Crippen LogP contribution in [0.1, 0.15) is 12.0 Å². The molecule has 0 unspecified atom stereocenters. The van der Waals surface area contributed by atoms with Crippen molar-refractivity contribution in [1.82, 2.24) is 0 Å². The molecule has 0 heterocycles. The topological polar surface area (TPSA) is 75.7 Å². The Labute approximate surface area is 158 Å². The number of methoxy groups -OCH3 is 1. The Morgan fingerprint density at radius 2 is 1.96 bits per heavy atom. The largest absolute Gasteiger partial charge is 0.495 e. The van der Waals surface area contributed by atoms with Crippen LogP contribution in [0.3, 0.4) is 0 Å². The van der Waals surface area contributed by atoms with Crippen molar-refractivity contribution in [2.45, 2.75) is 13.3 Å². The van der Waals surface area contributed by atoms with E-state index in [1.807, 2.05) is 25.1 Å². The number of benzene rings is 2. The van der Waals surface area contributed by atoms with Crippen molar-refractivity contribution >= 4 is 38.9 Å². The van der Waals surface area contributed by atoms with Gasteiger partial charge >= 0.3 is 0 Å². The Kier molecular flexibility index (Phi) is 6.50. The first-order valence-corrected chi connectivity index (χ1v) is 10.1. The summed E-state index contributed by atoms with van der Waals surface area (Å²) in [5.41, 5.74) is 1.98. The number of nitrogens with zero attached hydrogens (tertiary/aromatic N) is 1. The molecule has 0 aromatic heterocycles. The van der Waals surface area contributed by atoms with Gasteiger partial charge in [0.15, 0.2) is 0 Å². The fourth-order valence-electron chi connectivity index (χ4n) is 2.47. The minimum absolute atomic E-state index is 0.0172. The van der Waals surface area contributed by atoms with Crippen LogP contribution in [0.5, 0.6) is 5.75 Å². The molecule has 0 fully saturated rings. The predicted octanol–water partition coefficient (Wildman–Crippen LogP) is 3.45. The minimum atomic E-state index is -3.63. The molecule has 0 aliphatic rings. The number of hydrogen-bond donors (Lipinski definition) is 1. The van der Waals surface area contributed by atoms with Crippen LogP contribution in [0.25, 0.3) is 0 Å². The molecule has 0 atom stereocenters. The Hall–Kier alpha value is -2.25. The fraction of sp³-hybridized carbons (Fsp3) is 0.278. The Bertz CT molecular complexity index is 900. The van der Waals surface area contributed by atoms with Gasteiger partial charge in [0.2, 0.25) is 15.9 Å². The van der Waals surface area contributed by atoms with E-state index < -0.39 is 10.0 Å². The summed E-state index contributed by atoms with van der Waals surface area (Å²) in [6.45, 7) is 1.89. The van der Waals surface area contributed by atoms with Crippen LogP contribution in [-0.2, 0) is 14.8 Å². The van der Waals surface area contributed by atoms with Gasteiger partial charge in [-0.05, 0) is 42.8 Å². The summed E-state index contributed by atoms with van der Waals surface area (Å²) in [6.07, 6.45) is 1.06. The zero-order valence-corrected chi connectivity index (χ0v) is 16.4. The maximum Gasteiger partial charge on any atom is 0.232 e. The van der Waals surface area contributed by atoms with Crippen molar-refractivity contribution in [1.29, 1.82) is 0 Å². The molecule has 8 heteroatoms. The number of amides is 1. The molecular formula is C18H21ClN2O4S. The van der Waals surface area contributed by atoms with Gasteiger partial charge in [-0.3, -0.25) is 9.10 Å². The molecule has 2 aromatic rings. The van der Waals surface area contributed by atoms with E-state index in [0.29, 0.717) is 22.1 Å². The molecule has 2 rings (SSSR count). The standard InChI is InChI=1S/C18H21ClN2O4S/c1-13-5-4-6-15(11-13)20-18(22)9-10-21(26(3,23)24)16-12-14(19)7-8-17(16)25-2/h4-8,11-12H,9-10H2,1-3H3,(H,20,22). The van der Waals surface area contributed by atoms with Gasteiger partial charge in [-0.15, -0.1) is 0 Å². The van der Waals surface area contributed by atoms with Gasteiger partial charge in [0.05, 0.1) is 19.1 Å². The lowest BCUT2D eigenvalue weighted by atomic mass is 10.2. The van der Waals surface area contributed by atoms with Crippen LogP contribution in [0.15, 0.2) is 42.5 Å². The van der Waals surface area contributed by atoms with Crippen LogP contribution in [0, 0.1) is 6.92 Å². The van der Waals surface area contributed by atoms with Crippen LogP contribution in [0.2, 0.25) is 5.02 Å². The van der Waals surface area contributed by atoms with E-state index in [9.17, 15) is 13.2 Å².